The average Bonchev–Trinajstić information content (AvgIpc) is 2.74. The Hall–Kier alpha value is -1.22. The van der Waals surface area contributed by atoms with Crippen molar-refractivity contribution in [3.05, 3.63) is 23.2 Å². The first-order chi connectivity index (χ1) is 9.65. The molecule has 2 atom stereocenters. The van der Waals surface area contributed by atoms with Gasteiger partial charge in [-0.05, 0) is 36.8 Å². The minimum Gasteiger partial charge on any atom is -0.369 e. The molecule has 1 aromatic carbocycles. The van der Waals surface area contributed by atoms with Crippen LogP contribution >= 0.6 is 11.6 Å². The van der Waals surface area contributed by atoms with Crippen LogP contribution in [0.5, 0.6) is 0 Å². The zero-order valence-corrected chi connectivity index (χ0v) is 12.7. The number of nitrogens with zero attached hydrogens (tertiary/aromatic N) is 2. The minimum absolute atomic E-state index is 0.581. The van der Waals surface area contributed by atoms with Gasteiger partial charge in [-0.2, -0.15) is 0 Å². The van der Waals surface area contributed by atoms with E-state index in [2.05, 4.69) is 16.5 Å². The summed E-state index contributed by atoms with van der Waals surface area (Å²) in [6, 6.07) is 5.80. The number of imidazole rings is 1. The fraction of sp³-hybridized carbons (Fsp3) is 0.562. The fourth-order valence-electron chi connectivity index (χ4n) is 3.52. The van der Waals surface area contributed by atoms with Crippen molar-refractivity contribution in [1.29, 1.82) is 0 Å². The number of nitrogen functional groups attached to an aromatic ring is 1. The van der Waals surface area contributed by atoms with Gasteiger partial charge in [-0.1, -0.05) is 43.9 Å². The second-order valence-corrected chi connectivity index (χ2v) is 6.56. The number of halogens is 1. The molecule has 3 rings (SSSR count). The SMILES string of the molecule is CC1CCCC(CCn2c(N)nc3cccc(Cl)c32)C1. The molecule has 1 aromatic heterocycles. The van der Waals surface area contributed by atoms with Gasteiger partial charge in [0, 0.05) is 6.54 Å². The quantitative estimate of drug-likeness (QED) is 0.905. The van der Waals surface area contributed by atoms with Gasteiger partial charge < -0.3 is 10.3 Å². The molecular formula is C16H22ClN3. The Labute approximate surface area is 125 Å². The van der Waals surface area contributed by atoms with E-state index in [4.69, 9.17) is 17.3 Å². The molecule has 1 aliphatic rings. The van der Waals surface area contributed by atoms with Gasteiger partial charge in [0.1, 0.15) is 0 Å². The van der Waals surface area contributed by atoms with Crippen molar-refractivity contribution < 1.29 is 0 Å². The molecule has 0 saturated heterocycles. The predicted octanol–water partition coefficient (Wildman–Crippen LogP) is 4.49. The lowest BCUT2D eigenvalue weighted by Gasteiger charge is -2.26. The van der Waals surface area contributed by atoms with Crippen LogP contribution in [0.3, 0.4) is 0 Å². The number of aryl methyl sites for hydroxylation is 1. The van der Waals surface area contributed by atoms with Crippen molar-refractivity contribution >= 4 is 28.6 Å². The number of aromatic nitrogens is 2. The Balaban J connectivity index is 1.79. The van der Waals surface area contributed by atoms with Crippen LogP contribution in [0.15, 0.2) is 18.2 Å². The monoisotopic (exact) mass is 291 g/mol. The van der Waals surface area contributed by atoms with Crippen LogP contribution in [0.4, 0.5) is 5.95 Å². The molecule has 2 N–H and O–H groups in total. The second kappa shape index (κ2) is 5.65. The van der Waals surface area contributed by atoms with Crippen LogP contribution in [0.2, 0.25) is 5.02 Å². The number of nitrogens with two attached hydrogens (primary N) is 1. The Bertz CT molecular complexity index is 605. The van der Waals surface area contributed by atoms with Crippen LogP contribution in [0, 0.1) is 11.8 Å². The van der Waals surface area contributed by atoms with Crippen molar-refractivity contribution in [3.8, 4) is 0 Å². The van der Waals surface area contributed by atoms with Gasteiger partial charge in [-0.25, -0.2) is 4.98 Å². The summed E-state index contributed by atoms with van der Waals surface area (Å²) in [5.74, 6) is 2.27. The molecule has 2 aromatic rings. The molecule has 0 spiro atoms. The van der Waals surface area contributed by atoms with E-state index in [1.165, 1.54) is 32.1 Å². The van der Waals surface area contributed by atoms with Crippen molar-refractivity contribution in [3.63, 3.8) is 0 Å². The first-order valence-electron chi connectivity index (χ1n) is 7.55. The van der Waals surface area contributed by atoms with E-state index in [0.29, 0.717) is 5.95 Å². The largest absolute Gasteiger partial charge is 0.369 e. The van der Waals surface area contributed by atoms with Crippen molar-refractivity contribution in [1.82, 2.24) is 9.55 Å². The van der Waals surface area contributed by atoms with Gasteiger partial charge in [0.05, 0.1) is 16.1 Å². The number of benzene rings is 1. The minimum atomic E-state index is 0.581. The molecular weight excluding hydrogens is 270 g/mol. The van der Waals surface area contributed by atoms with Gasteiger partial charge in [-0.15, -0.1) is 0 Å². The Kier molecular flexibility index (Phi) is 3.88. The molecule has 1 heterocycles. The molecule has 0 aliphatic heterocycles. The zero-order chi connectivity index (χ0) is 14.1. The summed E-state index contributed by atoms with van der Waals surface area (Å²) in [5.41, 5.74) is 7.94. The summed E-state index contributed by atoms with van der Waals surface area (Å²) in [5, 5.41) is 0.740. The van der Waals surface area contributed by atoms with Crippen molar-refractivity contribution in [2.45, 2.75) is 45.6 Å². The van der Waals surface area contributed by atoms with Gasteiger partial charge in [0.2, 0.25) is 5.95 Å². The Morgan fingerprint density at radius 2 is 2.25 bits per heavy atom. The second-order valence-electron chi connectivity index (χ2n) is 6.16. The summed E-state index contributed by atoms with van der Waals surface area (Å²) < 4.78 is 2.08. The first kappa shape index (κ1) is 13.7. The summed E-state index contributed by atoms with van der Waals surface area (Å²) >= 11 is 6.30. The van der Waals surface area contributed by atoms with Crippen LogP contribution in [0.25, 0.3) is 11.0 Å². The van der Waals surface area contributed by atoms with E-state index in [9.17, 15) is 0 Å². The van der Waals surface area contributed by atoms with E-state index in [1.54, 1.807) is 0 Å². The maximum Gasteiger partial charge on any atom is 0.201 e. The molecule has 20 heavy (non-hydrogen) atoms. The van der Waals surface area contributed by atoms with Crippen LogP contribution in [-0.2, 0) is 6.54 Å². The molecule has 1 saturated carbocycles. The third-order valence-corrected chi connectivity index (χ3v) is 4.86. The normalized spacial score (nSPS) is 23.3. The topological polar surface area (TPSA) is 43.8 Å². The lowest BCUT2D eigenvalue weighted by atomic mass is 9.81. The van der Waals surface area contributed by atoms with Crippen molar-refractivity contribution in [2.75, 3.05) is 5.73 Å². The van der Waals surface area contributed by atoms with Crippen LogP contribution in [-0.4, -0.2) is 9.55 Å². The Morgan fingerprint density at radius 3 is 3.05 bits per heavy atom. The van der Waals surface area contributed by atoms with Crippen molar-refractivity contribution in [2.24, 2.45) is 11.8 Å². The maximum atomic E-state index is 6.30. The number of fused-ring (bicyclic) bond motifs is 1. The summed E-state index contributed by atoms with van der Waals surface area (Å²) in [6.07, 6.45) is 6.63. The lowest BCUT2D eigenvalue weighted by molar-refractivity contribution is 0.262. The molecule has 4 heteroatoms. The molecule has 1 aliphatic carbocycles. The van der Waals surface area contributed by atoms with Gasteiger partial charge >= 0.3 is 0 Å². The number of anilines is 1. The zero-order valence-electron chi connectivity index (χ0n) is 12.0. The summed E-state index contributed by atoms with van der Waals surface area (Å²) in [4.78, 5) is 4.41. The highest BCUT2D eigenvalue weighted by Gasteiger charge is 2.19. The van der Waals surface area contributed by atoms with E-state index in [1.807, 2.05) is 18.2 Å². The van der Waals surface area contributed by atoms with E-state index >= 15 is 0 Å². The molecule has 0 bridgehead atoms. The van der Waals surface area contributed by atoms with Gasteiger partial charge in [0.25, 0.3) is 0 Å². The molecule has 0 radical (unpaired) electrons. The molecule has 0 amide bonds. The van der Waals surface area contributed by atoms with Gasteiger partial charge in [-0.3, -0.25) is 0 Å². The van der Waals surface area contributed by atoms with Gasteiger partial charge in [0.15, 0.2) is 0 Å². The highest BCUT2D eigenvalue weighted by Crippen LogP contribution is 2.32. The van der Waals surface area contributed by atoms with E-state index in [-0.39, 0.29) is 0 Å². The number of hydrogen-bond donors (Lipinski definition) is 1. The maximum absolute atomic E-state index is 6.30. The molecule has 2 unspecified atom stereocenters. The lowest BCUT2D eigenvalue weighted by Crippen LogP contribution is -2.16. The number of hydrogen-bond acceptors (Lipinski definition) is 2. The van der Waals surface area contributed by atoms with Crippen LogP contribution < -0.4 is 5.73 Å². The molecule has 1 fully saturated rings. The smallest absolute Gasteiger partial charge is 0.201 e. The van der Waals surface area contributed by atoms with E-state index in [0.717, 1.165) is 34.4 Å². The highest BCUT2D eigenvalue weighted by atomic mass is 35.5. The summed E-state index contributed by atoms with van der Waals surface area (Å²) in [7, 11) is 0. The average molecular weight is 292 g/mol. The third-order valence-electron chi connectivity index (χ3n) is 4.55. The number of para-hydroxylation sites is 1. The standard InChI is InChI=1S/C16H22ClN3/c1-11-4-2-5-12(10-11)8-9-20-15-13(17)6-3-7-14(15)19-16(20)18/h3,6-7,11-12H,2,4-5,8-10H2,1H3,(H2,18,19). The van der Waals surface area contributed by atoms with E-state index < -0.39 is 0 Å². The third kappa shape index (κ3) is 2.64. The fourth-order valence-corrected chi connectivity index (χ4v) is 3.79. The first-order valence-corrected chi connectivity index (χ1v) is 7.93. The predicted molar refractivity (Wildman–Crippen MR) is 84.9 cm³/mol. The summed E-state index contributed by atoms with van der Waals surface area (Å²) in [6.45, 7) is 3.29. The molecule has 108 valence electrons. The number of rotatable bonds is 3. The highest BCUT2D eigenvalue weighted by molar-refractivity contribution is 6.35. The van der Waals surface area contributed by atoms with Crippen LogP contribution in [0.1, 0.15) is 39.0 Å². The molecule has 3 nitrogen and oxygen atoms in total. The Morgan fingerprint density at radius 1 is 1.40 bits per heavy atom.